The Labute approximate surface area is 89.8 Å². The molecule has 0 N–H and O–H groups in total. The molecule has 0 bridgehead atoms. The summed E-state index contributed by atoms with van der Waals surface area (Å²) in [4.78, 5) is 0. The van der Waals surface area contributed by atoms with Crippen molar-refractivity contribution in [2.45, 2.75) is 72.1 Å². The van der Waals surface area contributed by atoms with Crippen molar-refractivity contribution in [1.82, 2.24) is 0 Å². The molecule has 0 heterocycles. The Morgan fingerprint density at radius 2 is 1.86 bits per heavy atom. The molecule has 0 aromatic rings. The fraction of sp³-hybridized carbons (Fsp3) is 0.857. The lowest BCUT2D eigenvalue weighted by atomic mass is 9.79. The fourth-order valence-corrected chi connectivity index (χ4v) is 2.57. The first kappa shape index (κ1) is 11.8. The number of unbranched alkanes of at least 4 members (excludes halogenated alkanes) is 2. The first-order valence-corrected chi connectivity index (χ1v) is 6.44. The molecule has 0 aromatic carbocycles. The average Bonchev–Trinajstić information content (AvgIpc) is 2.63. The monoisotopic (exact) mass is 194 g/mol. The van der Waals surface area contributed by atoms with Crippen molar-refractivity contribution in [1.29, 1.82) is 0 Å². The van der Waals surface area contributed by atoms with Gasteiger partial charge in [-0.2, -0.15) is 0 Å². The second kappa shape index (κ2) is 5.58. The van der Waals surface area contributed by atoms with E-state index >= 15 is 0 Å². The van der Waals surface area contributed by atoms with Crippen LogP contribution in [0.1, 0.15) is 72.1 Å². The fourth-order valence-electron chi connectivity index (χ4n) is 2.57. The molecule has 0 spiro atoms. The highest BCUT2D eigenvalue weighted by Gasteiger charge is 2.30. The van der Waals surface area contributed by atoms with Gasteiger partial charge in [0, 0.05) is 0 Å². The molecular weight excluding hydrogens is 168 g/mol. The van der Waals surface area contributed by atoms with E-state index in [4.69, 9.17) is 0 Å². The van der Waals surface area contributed by atoms with E-state index in [0.717, 1.165) is 0 Å². The first-order valence-electron chi connectivity index (χ1n) is 6.44. The van der Waals surface area contributed by atoms with Crippen LogP contribution in [0.15, 0.2) is 11.6 Å². The van der Waals surface area contributed by atoms with Crippen LogP contribution in [0.2, 0.25) is 0 Å². The van der Waals surface area contributed by atoms with Gasteiger partial charge in [0.25, 0.3) is 0 Å². The van der Waals surface area contributed by atoms with E-state index in [2.05, 4.69) is 26.8 Å². The molecule has 0 fully saturated rings. The Balaban J connectivity index is 2.31. The predicted octanol–water partition coefficient (Wildman–Crippen LogP) is 5.09. The van der Waals surface area contributed by atoms with Gasteiger partial charge in [-0.3, -0.25) is 0 Å². The maximum Gasteiger partial charge on any atom is -0.0231 e. The van der Waals surface area contributed by atoms with Crippen LogP contribution in [0.3, 0.4) is 0 Å². The molecule has 0 atom stereocenters. The Morgan fingerprint density at radius 3 is 2.36 bits per heavy atom. The van der Waals surface area contributed by atoms with Gasteiger partial charge in [0.2, 0.25) is 0 Å². The molecule has 1 aliphatic carbocycles. The van der Waals surface area contributed by atoms with Crippen LogP contribution in [0.25, 0.3) is 0 Å². The van der Waals surface area contributed by atoms with E-state index in [9.17, 15) is 0 Å². The SMILES string of the molecule is CCCCCC1=CCC(CC)(CC)C1. The van der Waals surface area contributed by atoms with E-state index in [1.165, 1.54) is 51.4 Å². The number of rotatable bonds is 6. The third kappa shape index (κ3) is 2.87. The van der Waals surface area contributed by atoms with E-state index in [1.807, 2.05) is 0 Å². The molecule has 0 nitrogen and oxygen atoms in total. The molecule has 0 saturated carbocycles. The van der Waals surface area contributed by atoms with Crippen LogP contribution in [-0.2, 0) is 0 Å². The van der Waals surface area contributed by atoms with Crippen molar-refractivity contribution in [3.8, 4) is 0 Å². The van der Waals surface area contributed by atoms with Crippen molar-refractivity contribution >= 4 is 0 Å². The molecule has 0 radical (unpaired) electrons. The van der Waals surface area contributed by atoms with Gasteiger partial charge in [0.05, 0.1) is 0 Å². The van der Waals surface area contributed by atoms with Crippen LogP contribution in [0, 0.1) is 5.41 Å². The smallest absolute Gasteiger partial charge is 0.0231 e. The largest absolute Gasteiger partial charge is 0.0847 e. The summed E-state index contributed by atoms with van der Waals surface area (Å²) in [5, 5.41) is 0. The van der Waals surface area contributed by atoms with E-state index in [1.54, 1.807) is 5.57 Å². The summed E-state index contributed by atoms with van der Waals surface area (Å²) in [6, 6.07) is 0. The summed E-state index contributed by atoms with van der Waals surface area (Å²) in [6.45, 7) is 6.99. The van der Waals surface area contributed by atoms with Gasteiger partial charge in [0.15, 0.2) is 0 Å². The van der Waals surface area contributed by atoms with Gasteiger partial charge in [-0.05, 0) is 43.9 Å². The summed E-state index contributed by atoms with van der Waals surface area (Å²) in [7, 11) is 0. The third-order valence-electron chi connectivity index (χ3n) is 4.03. The summed E-state index contributed by atoms with van der Waals surface area (Å²) in [6.07, 6.45) is 13.5. The number of allylic oxidation sites excluding steroid dienone is 2. The Hall–Kier alpha value is -0.260. The van der Waals surface area contributed by atoms with Crippen LogP contribution < -0.4 is 0 Å². The minimum absolute atomic E-state index is 0.654. The highest BCUT2D eigenvalue weighted by Crippen LogP contribution is 2.44. The molecule has 0 aromatic heterocycles. The molecule has 0 aliphatic heterocycles. The van der Waals surface area contributed by atoms with E-state index < -0.39 is 0 Å². The zero-order valence-corrected chi connectivity index (χ0v) is 10.2. The van der Waals surface area contributed by atoms with Crippen molar-refractivity contribution in [2.75, 3.05) is 0 Å². The first-order chi connectivity index (χ1) is 6.76. The zero-order chi connectivity index (χ0) is 10.4. The Morgan fingerprint density at radius 1 is 1.14 bits per heavy atom. The molecule has 0 saturated heterocycles. The topological polar surface area (TPSA) is 0 Å². The van der Waals surface area contributed by atoms with Crippen LogP contribution >= 0.6 is 0 Å². The van der Waals surface area contributed by atoms with E-state index in [-0.39, 0.29) is 0 Å². The summed E-state index contributed by atoms with van der Waals surface area (Å²) >= 11 is 0. The number of hydrogen-bond donors (Lipinski definition) is 0. The molecule has 0 amide bonds. The van der Waals surface area contributed by atoms with Crippen molar-refractivity contribution in [3.63, 3.8) is 0 Å². The van der Waals surface area contributed by atoms with Gasteiger partial charge in [-0.15, -0.1) is 0 Å². The second-order valence-corrected chi connectivity index (χ2v) is 4.91. The minimum atomic E-state index is 0.654. The van der Waals surface area contributed by atoms with E-state index in [0.29, 0.717) is 5.41 Å². The highest BCUT2D eigenvalue weighted by molar-refractivity contribution is 5.14. The van der Waals surface area contributed by atoms with Crippen LogP contribution in [0.4, 0.5) is 0 Å². The molecule has 14 heavy (non-hydrogen) atoms. The van der Waals surface area contributed by atoms with Gasteiger partial charge in [-0.1, -0.05) is 45.3 Å². The summed E-state index contributed by atoms with van der Waals surface area (Å²) in [5.41, 5.74) is 2.41. The summed E-state index contributed by atoms with van der Waals surface area (Å²) in [5.74, 6) is 0. The molecular formula is C14H26. The number of hydrogen-bond acceptors (Lipinski definition) is 0. The Bertz CT molecular complexity index is 184. The molecule has 0 unspecified atom stereocenters. The van der Waals surface area contributed by atoms with Crippen molar-refractivity contribution in [3.05, 3.63) is 11.6 Å². The van der Waals surface area contributed by atoms with Gasteiger partial charge < -0.3 is 0 Å². The van der Waals surface area contributed by atoms with Gasteiger partial charge in [-0.25, -0.2) is 0 Å². The summed E-state index contributed by atoms with van der Waals surface area (Å²) < 4.78 is 0. The van der Waals surface area contributed by atoms with Crippen molar-refractivity contribution < 1.29 is 0 Å². The van der Waals surface area contributed by atoms with Crippen molar-refractivity contribution in [2.24, 2.45) is 5.41 Å². The zero-order valence-electron chi connectivity index (χ0n) is 10.2. The molecule has 1 rings (SSSR count). The second-order valence-electron chi connectivity index (χ2n) is 4.91. The normalized spacial score (nSPS) is 19.8. The lowest BCUT2D eigenvalue weighted by Crippen LogP contribution is -2.14. The van der Waals surface area contributed by atoms with Gasteiger partial charge >= 0.3 is 0 Å². The Kier molecular flexibility index (Phi) is 4.71. The third-order valence-corrected chi connectivity index (χ3v) is 4.03. The lowest BCUT2D eigenvalue weighted by Gasteiger charge is -2.26. The quantitative estimate of drug-likeness (QED) is 0.408. The predicted molar refractivity (Wildman–Crippen MR) is 64.5 cm³/mol. The average molecular weight is 194 g/mol. The highest BCUT2D eigenvalue weighted by atomic mass is 14.3. The molecule has 0 heteroatoms. The minimum Gasteiger partial charge on any atom is -0.0847 e. The molecule has 1 aliphatic rings. The van der Waals surface area contributed by atoms with Gasteiger partial charge in [0.1, 0.15) is 0 Å². The van der Waals surface area contributed by atoms with Crippen LogP contribution in [0.5, 0.6) is 0 Å². The standard InChI is InChI=1S/C14H26/c1-4-7-8-9-13-10-11-14(5-2,6-3)12-13/h10H,4-9,11-12H2,1-3H3. The maximum atomic E-state index is 2.53. The lowest BCUT2D eigenvalue weighted by molar-refractivity contribution is 0.280. The molecule has 82 valence electrons. The maximum absolute atomic E-state index is 2.53. The van der Waals surface area contributed by atoms with Crippen LogP contribution in [-0.4, -0.2) is 0 Å².